The van der Waals surface area contributed by atoms with E-state index >= 15 is 0 Å². The number of nitrogens with zero attached hydrogens (tertiary/aromatic N) is 1. The van der Waals surface area contributed by atoms with Crippen LogP contribution in [0.5, 0.6) is 0 Å². The smallest absolute Gasteiger partial charge is 0.335 e. The third kappa shape index (κ3) is 3.55. The van der Waals surface area contributed by atoms with E-state index in [1.807, 2.05) is 6.92 Å². The van der Waals surface area contributed by atoms with Gasteiger partial charge in [0.1, 0.15) is 0 Å². The number of aliphatic imine (C=N–C) groups is 1. The molecule has 0 amide bonds. The van der Waals surface area contributed by atoms with Gasteiger partial charge in [0.25, 0.3) is 0 Å². The fourth-order valence-electron chi connectivity index (χ4n) is 0.622. The molecule has 0 N–H and O–H groups in total. The Morgan fingerprint density at radius 2 is 2.27 bits per heavy atom. The molecule has 0 aliphatic heterocycles. The second-order valence-corrected chi connectivity index (χ2v) is 1.91. The minimum atomic E-state index is -0.303. The first-order valence-corrected chi connectivity index (χ1v) is 3.58. The molecule has 0 bridgehead atoms. The lowest BCUT2D eigenvalue weighted by Gasteiger charge is -2.01. The van der Waals surface area contributed by atoms with Crippen LogP contribution in [0.25, 0.3) is 0 Å². The molecular formula is C8H13NO2. The number of esters is 1. The molecule has 0 unspecified atom stereocenters. The Labute approximate surface area is 66.8 Å². The van der Waals surface area contributed by atoms with Gasteiger partial charge >= 0.3 is 5.97 Å². The molecule has 3 heteroatoms. The van der Waals surface area contributed by atoms with Crippen LogP contribution < -0.4 is 0 Å². The highest BCUT2D eigenvalue weighted by Gasteiger charge is 2.06. The van der Waals surface area contributed by atoms with Crippen LogP contribution in [0.1, 0.15) is 20.3 Å². The first kappa shape index (κ1) is 9.88. The third-order valence-electron chi connectivity index (χ3n) is 1.17. The van der Waals surface area contributed by atoms with Crippen LogP contribution in [0.2, 0.25) is 0 Å². The van der Waals surface area contributed by atoms with Crippen LogP contribution in [-0.4, -0.2) is 19.3 Å². The van der Waals surface area contributed by atoms with Gasteiger partial charge in [0, 0.05) is 6.20 Å². The average Bonchev–Trinajstić information content (AvgIpc) is 2.00. The van der Waals surface area contributed by atoms with Crippen molar-refractivity contribution in [3.05, 3.63) is 11.8 Å². The summed E-state index contributed by atoms with van der Waals surface area (Å²) in [7, 11) is 0. The highest BCUT2D eigenvalue weighted by Crippen LogP contribution is 2.02. The van der Waals surface area contributed by atoms with Crippen molar-refractivity contribution in [1.29, 1.82) is 0 Å². The Morgan fingerprint density at radius 3 is 2.64 bits per heavy atom. The summed E-state index contributed by atoms with van der Waals surface area (Å²) in [4.78, 5) is 14.5. The summed E-state index contributed by atoms with van der Waals surface area (Å²) in [6.07, 6.45) is 2.05. The summed E-state index contributed by atoms with van der Waals surface area (Å²) in [5, 5.41) is 0. The SMILES string of the molecule is C=N/C=C(\CC)C(=O)OCC. The summed E-state index contributed by atoms with van der Waals surface area (Å²) >= 11 is 0. The number of hydrogen-bond donors (Lipinski definition) is 0. The molecule has 0 saturated carbocycles. The minimum Gasteiger partial charge on any atom is -0.463 e. The fourth-order valence-corrected chi connectivity index (χ4v) is 0.622. The zero-order chi connectivity index (χ0) is 8.69. The molecule has 0 heterocycles. The van der Waals surface area contributed by atoms with Crippen molar-refractivity contribution in [2.24, 2.45) is 4.99 Å². The van der Waals surface area contributed by atoms with E-state index in [9.17, 15) is 4.79 Å². The molecule has 0 fully saturated rings. The molecule has 0 aromatic rings. The van der Waals surface area contributed by atoms with Gasteiger partial charge in [-0.15, -0.1) is 0 Å². The molecule has 0 radical (unpaired) electrons. The second-order valence-electron chi connectivity index (χ2n) is 1.91. The van der Waals surface area contributed by atoms with Crippen LogP contribution in [0.3, 0.4) is 0 Å². The van der Waals surface area contributed by atoms with Gasteiger partial charge in [0.2, 0.25) is 0 Å². The number of rotatable bonds is 4. The lowest BCUT2D eigenvalue weighted by atomic mass is 10.2. The standard InChI is InChI=1S/C8H13NO2/c1-4-7(6-9-3)8(10)11-5-2/h6H,3-5H2,1-2H3/b7-6+. The fraction of sp³-hybridized carbons (Fsp3) is 0.500. The summed E-state index contributed by atoms with van der Waals surface area (Å²) < 4.78 is 4.75. The van der Waals surface area contributed by atoms with Crippen molar-refractivity contribution < 1.29 is 9.53 Å². The normalized spacial score (nSPS) is 10.9. The van der Waals surface area contributed by atoms with Crippen molar-refractivity contribution in [1.82, 2.24) is 0 Å². The van der Waals surface area contributed by atoms with Crippen LogP contribution in [-0.2, 0) is 9.53 Å². The quantitative estimate of drug-likeness (QED) is 0.351. The maximum atomic E-state index is 11.0. The van der Waals surface area contributed by atoms with Crippen LogP contribution in [0.4, 0.5) is 0 Å². The molecule has 0 spiro atoms. The zero-order valence-electron chi connectivity index (χ0n) is 6.96. The molecule has 0 aliphatic rings. The van der Waals surface area contributed by atoms with E-state index in [4.69, 9.17) is 4.74 Å². The van der Waals surface area contributed by atoms with Crippen molar-refractivity contribution in [3.8, 4) is 0 Å². The van der Waals surface area contributed by atoms with Gasteiger partial charge in [-0.1, -0.05) is 6.92 Å². The molecule has 0 aliphatic carbocycles. The molecule has 11 heavy (non-hydrogen) atoms. The maximum Gasteiger partial charge on any atom is 0.335 e. The number of hydrogen-bond acceptors (Lipinski definition) is 3. The first-order chi connectivity index (χ1) is 5.26. The Bertz CT molecular complexity index is 173. The van der Waals surface area contributed by atoms with Gasteiger partial charge in [0.05, 0.1) is 12.2 Å². The van der Waals surface area contributed by atoms with E-state index in [1.54, 1.807) is 6.92 Å². The summed E-state index contributed by atoms with van der Waals surface area (Å²) in [5.74, 6) is -0.303. The summed E-state index contributed by atoms with van der Waals surface area (Å²) in [5.41, 5.74) is 0.557. The zero-order valence-corrected chi connectivity index (χ0v) is 6.96. The predicted octanol–water partition coefficient (Wildman–Crippen LogP) is 1.54. The van der Waals surface area contributed by atoms with Gasteiger partial charge in [0.15, 0.2) is 0 Å². The molecular weight excluding hydrogens is 142 g/mol. The van der Waals surface area contributed by atoms with Gasteiger partial charge in [-0.25, -0.2) is 4.79 Å². The van der Waals surface area contributed by atoms with Gasteiger partial charge in [-0.2, -0.15) is 0 Å². The highest BCUT2D eigenvalue weighted by molar-refractivity contribution is 5.88. The minimum absolute atomic E-state index is 0.303. The molecule has 62 valence electrons. The van der Waals surface area contributed by atoms with E-state index < -0.39 is 0 Å². The molecule has 0 rings (SSSR count). The topological polar surface area (TPSA) is 38.7 Å². The van der Waals surface area contributed by atoms with Gasteiger partial charge in [-0.3, -0.25) is 4.99 Å². The molecule has 0 aromatic heterocycles. The number of carbonyl (C=O) groups is 1. The number of ether oxygens (including phenoxy) is 1. The molecule has 3 nitrogen and oxygen atoms in total. The Kier molecular flexibility index (Phi) is 5.07. The van der Waals surface area contributed by atoms with Gasteiger partial charge < -0.3 is 4.74 Å². The van der Waals surface area contributed by atoms with Crippen molar-refractivity contribution in [3.63, 3.8) is 0 Å². The molecule has 0 saturated heterocycles. The van der Waals surface area contributed by atoms with Crippen LogP contribution in [0.15, 0.2) is 16.8 Å². The predicted molar refractivity (Wildman–Crippen MR) is 44.6 cm³/mol. The highest BCUT2D eigenvalue weighted by atomic mass is 16.5. The van der Waals surface area contributed by atoms with E-state index in [2.05, 4.69) is 11.7 Å². The average molecular weight is 155 g/mol. The first-order valence-electron chi connectivity index (χ1n) is 3.58. The summed E-state index contributed by atoms with van der Waals surface area (Å²) in [6, 6.07) is 0. The Hall–Kier alpha value is -1.12. The van der Waals surface area contributed by atoms with Crippen LogP contribution >= 0.6 is 0 Å². The van der Waals surface area contributed by atoms with E-state index in [-0.39, 0.29) is 5.97 Å². The third-order valence-corrected chi connectivity index (χ3v) is 1.17. The van der Waals surface area contributed by atoms with E-state index in [0.717, 1.165) is 0 Å². The summed E-state index contributed by atoms with van der Waals surface area (Å²) in [6.45, 7) is 7.29. The van der Waals surface area contributed by atoms with Crippen molar-refractivity contribution in [2.75, 3.05) is 6.61 Å². The monoisotopic (exact) mass is 155 g/mol. The largest absolute Gasteiger partial charge is 0.463 e. The Balaban J connectivity index is 4.13. The van der Waals surface area contributed by atoms with Crippen molar-refractivity contribution >= 4 is 12.7 Å². The number of carbonyl (C=O) groups excluding carboxylic acids is 1. The lowest BCUT2D eigenvalue weighted by Crippen LogP contribution is -2.06. The van der Waals surface area contributed by atoms with Crippen molar-refractivity contribution in [2.45, 2.75) is 20.3 Å². The van der Waals surface area contributed by atoms with Gasteiger partial charge in [-0.05, 0) is 20.1 Å². The Morgan fingerprint density at radius 1 is 1.64 bits per heavy atom. The lowest BCUT2D eigenvalue weighted by molar-refractivity contribution is -0.138. The van der Waals surface area contributed by atoms with E-state index in [1.165, 1.54) is 6.20 Å². The molecule has 0 atom stereocenters. The maximum absolute atomic E-state index is 11.0. The second kappa shape index (κ2) is 5.65. The van der Waals surface area contributed by atoms with Crippen LogP contribution in [0, 0.1) is 0 Å². The molecule has 0 aromatic carbocycles. The van der Waals surface area contributed by atoms with E-state index in [0.29, 0.717) is 18.6 Å².